The number of nitrogens with zero attached hydrogens (tertiary/aromatic N) is 3. The molecular weight excluding hydrogens is 460 g/mol. The number of carbonyl (C=O) groups is 2. The van der Waals surface area contributed by atoms with Crippen molar-refractivity contribution in [2.75, 3.05) is 12.0 Å². The van der Waals surface area contributed by atoms with Crippen LogP contribution in [0, 0.1) is 17.7 Å². The Morgan fingerprint density at radius 2 is 1.97 bits per heavy atom. The van der Waals surface area contributed by atoms with E-state index in [4.69, 9.17) is 28.0 Å². The molecule has 3 rings (SSSR count). The Balaban J connectivity index is 1.64. The summed E-state index contributed by atoms with van der Waals surface area (Å²) in [4.78, 5) is 37.2. The summed E-state index contributed by atoms with van der Waals surface area (Å²) < 4.78 is 14.1. The van der Waals surface area contributed by atoms with Crippen LogP contribution in [0.5, 0.6) is 0 Å². The second-order valence-corrected chi connectivity index (χ2v) is 8.30. The van der Waals surface area contributed by atoms with E-state index in [0.717, 1.165) is 36.3 Å². The normalized spacial score (nSPS) is 14.7. The molecule has 0 bridgehead atoms. The Labute approximate surface area is 195 Å². The van der Waals surface area contributed by atoms with Crippen LogP contribution in [0.1, 0.15) is 37.7 Å². The molecule has 1 heterocycles. The first-order chi connectivity index (χ1) is 15.5. The lowest BCUT2D eigenvalue weighted by molar-refractivity contribution is -0.182. The third-order valence-corrected chi connectivity index (χ3v) is 5.73. The summed E-state index contributed by atoms with van der Waals surface area (Å²) >= 11 is 11.4. The van der Waals surface area contributed by atoms with E-state index in [2.05, 4.69) is 20.8 Å². The number of hydrogen-bond donors (Lipinski definition) is 2. The molecule has 1 aliphatic carbocycles. The van der Waals surface area contributed by atoms with Gasteiger partial charge in [-0.15, -0.1) is 0 Å². The molecule has 0 unspecified atom stereocenters. The standard InChI is InChI=1S/C21H24Cl2FN5O3/c22-18-17(24)19(26-21(23)25-18)27-28-20(31)16(10-14-6-4-5-7-14)11-29(13-30)32-12-15-8-2-1-3-9-15/h1-3,8-9,13-14,16H,4-7,10-12H2,(H,28,31)(H,25,26,27)/t16-/m0/s1. The van der Waals surface area contributed by atoms with Gasteiger partial charge in [-0.3, -0.25) is 25.3 Å². The Kier molecular flexibility index (Phi) is 9.01. The van der Waals surface area contributed by atoms with E-state index in [1.165, 1.54) is 0 Å². The van der Waals surface area contributed by atoms with Gasteiger partial charge >= 0.3 is 0 Å². The Bertz CT molecular complexity index is 916. The van der Waals surface area contributed by atoms with Gasteiger partial charge in [-0.2, -0.15) is 9.37 Å². The number of hydrogen-bond acceptors (Lipinski definition) is 6. The fourth-order valence-electron chi connectivity index (χ4n) is 3.69. The second kappa shape index (κ2) is 11.9. The van der Waals surface area contributed by atoms with Gasteiger partial charge in [-0.25, -0.2) is 10.0 Å². The third-order valence-electron chi connectivity index (χ3n) is 5.31. The van der Waals surface area contributed by atoms with Crippen LogP contribution in [0.4, 0.5) is 10.2 Å². The molecule has 11 heteroatoms. The van der Waals surface area contributed by atoms with E-state index in [1.807, 2.05) is 30.3 Å². The number of nitrogens with one attached hydrogen (secondary N) is 2. The molecule has 8 nitrogen and oxygen atoms in total. The highest BCUT2D eigenvalue weighted by atomic mass is 35.5. The summed E-state index contributed by atoms with van der Waals surface area (Å²) in [5.74, 6) is -1.94. The average Bonchev–Trinajstić information content (AvgIpc) is 3.31. The lowest BCUT2D eigenvalue weighted by Crippen LogP contribution is -2.42. The molecule has 1 aliphatic rings. The van der Waals surface area contributed by atoms with Gasteiger partial charge in [0.05, 0.1) is 12.5 Å². The van der Waals surface area contributed by atoms with E-state index in [-0.39, 0.29) is 24.3 Å². The summed E-state index contributed by atoms with van der Waals surface area (Å²) in [6.45, 7) is 0.243. The molecule has 32 heavy (non-hydrogen) atoms. The zero-order valence-corrected chi connectivity index (χ0v) is 18.8. The van der Waals surface area contributed by atoms with Crippen LogP contribution < -0.4 is 10.9 Å². The summed E-state index contributed by atoms with van der Waals surface area (Å²) in [5, 5.41) is 0.383. The molecule has 0 aliphatic heterocycles. The van der Waals surface area contributed by atoms with Crippen LogP contribution >= 0.6 is 23.2 Å². The Hall–Kier alpha value is -2.49. The van der Waals surface area contributed by atoms with E-state index >= 15 is 0 Å². The molecule has 1 atom stereocenters. The molecular formula is C21H24Cl2FN5O3. The molecule has 0 saturated heterocycles. The molecule has 1 fully saturated rings. The van der Waals surface area contributed by atoms with Crippen molar-refractivity contribution in [2.24, 2.45) is 11.8 Å². The van der Waals surface area contributed by atoms with Gasteiger partial charge in [-0.1, -0.05) is 67.6 Å². The second-order valence-electron chi connectivity index (χ2n) is 7.61. The van der Waals surface area contributed by atoms with Crippen LogP contribution in [0.15, 0.2) is 30.3 Å². The summed E-state index contributed by atoms with van der Waals surface area (Å²) in [6, 6.07) is 9.38. The number of aromatic nitrogens is 2. The highest BCUT2D eigenvalue weighted by Crippen LogP contribution is 2.31. The SMILES string of the molecule is O=CN(C[C@H](CC1CCCC1)C(=O)NNc1nc(Cl)nc(Cl)c1F)OCc1ccccc1. The van der Waals surface area contributed by atoms with E-state index in [9.17, 15) is 14.0 Å². The van der Waals surface area contributed by atoms with Crippen molar-refractivity contribution in [2.45, 2.75) is 38.7 Å². The third kappa shape index (κ3) is 7.01. The van der Waals surface area contributed by atoms with E-state index < -0.39 is 22.8 Å². The number of rotatable bonds is 11. The molecule has 172 valence electrons. The van der Waals surface area contributed by atoms with Crippen molar-refractivity contribution in [3.63, 3.8) is 0 Å². The summed E-state index contributed by atoms with van der Waals surface area (Å²) in [7, 11) is 0. The summed E-state index contributed by atoms with van der Waals surface area (Å²) in [6.07, 6.45) is 5.39. The fourth-order valence-corrected chi connectivity index (χ4v) is 4.07. The molecule has 2 N–H and O–H groups in total. The molecule has 1 saturated carbocycles. The van der Waals surface area contributed by atoms with Gasteiger partial charge in [0.25, 0.3) is 0 Å². The average molecular weight is 484 g/mol. The van der Waals surface area contributed by atoms with Crippen LogP contribution in [0.25, 0.3) is 0 Å². The largest absolute Gasteiger partial charge is 0.279 e. The van der Waals surface area contributed by atoms with Crippen molar-refractivity contribution in [1.82, 2.24) is 20.5 Å². The maximum atomic E-state index is 14.1. The first-order valence-corrected chi connectivity index (χ1v) is 11.0. The maximum Gasteiger partial charge on any atom is 0.243 e. The lowest BCUT2D eigenvalue weighted by Gasteiger charge is -2.25. The van der Waals surface area contributed by atoms with Gasteiger partial charge in [0.2, 0.25) is 23.4 Å². The highest BCUT2D eigenvalue weighted by Gasteiger charge is 2.28. The minimum atomic E-state index is -0.940. The Morgan fingerprint density at radius 3 is 2.66 bits per heavy atom. The van der Waals surface area contributed by atoms with Gasteiger partial charge < -0.3 is 0 Å². The van der Waals surface area contributed by atoms with Crippen LogP contribution in [-0.2, 0) is 21.0 Å². The predicted molar refractivity (Wildman–Crippen MR) is 118 cm³/mol. The topological polar surface area (TPSA) is 96.5 Å². The highest BCUT2D eigenvalue weighted by molar-refractivity contribution is 6.32. The number of anilines is 1. The number of hydrazine groups is 1. The molecule has 2 amide bonds. The summed E-state index contributed by atoms with van der Waals surface area (Å²) in [5.41, 5.74) is 5.74. The molecule has 1 aromatic carbocycles. The van der Waals surface area contributed by atoms with Gasteiger partial charge in [0, 0.05) is 0 Å². The Morgan fingerprint density at radius 1 is 1.25 bits per heavy atom. The fraction of sp³-hybridized carbons (Fsp3) is 0.429. The molecule has 0 radical (unpaired) electrons. The minimum Gasteiger partial charge on any atom is -0.279 e. The van der Waals surface area contributed by atoms with Gasteiger partial charge in [0.15, 0.2) is 11.0 Å². The zero-order chi connectivity index (χ0) is 22.9. The van der Waals surface area contributed by atoms with Crippen molar-refractivity contribution < 1.29 is 18.8 Å². The monoisotopic (exact) mass is 483 g/mol. The first-order valence-electron chi connectivity index (χ1n) is 10.3. The minimum absolute atomic E-state index is 0.0497. The molecule has 2 aromatic rings. The number of carbonyl (C=O) groups excluding carboxylic acids is 2. The maximum absolute atomic E-state index is 14.1. The molecule has 0 spiro atoms. The number of halogens is 3. The van der Waals surface area contributed by atoms with Gasteiger partial charge in [-0.05, 0) is 29.5 Å². The van der Waals surface area contributed by atoms with Crippen molar-refractivity contribution in [1.29, 1.82) is 0 Å². The predicted octanol–water partition coefficient (Wildman–Crippen LogP) is 4.15. The zero-order valence-electron chi connectivity index (χ0n) is 17.3. The number of amides is 2. The van der Waals surface area contributed by atoms with Crippen LogP contribution in [0.3, 0.4) is 0 Å². The quantitative estimate of drug-likeness (QED) is 0.215. The lowest BCUT2D eigenvalue weighted by atomic mass is 9.92. The number of benzene rings is 1. The van der Waals surface area contributed by atoms with Crippen molar-refractivity contribution in [3.8, 4) is 0 Å². The van der Waals surface area contributed by atoms with Crippen molar-refractivity contribution >= 4 is 41.3 Å². The van der Waals surface area contributed by atoms with Crippen molar-refractivity contribution in [3.05, 3.63) is 52.1 Å². The van der Waals surface area contributed by atoms with E-state index in [0.29, 0.717) is 18.7 Å². The molecule has 1 aromatic heterocycles. The first kappa shape index (κ1) is 24.2. The van der Waals surface area contributed by atoms with Crippen LogP contribution in [0.2, 0.25) is 10.4 Å². The van der Waals surface area contributed by atoms with E-state index in [1.54, 1.807) is 0 Å². The number of hydroxylamine groups is 2. The van der Waals surface area contributed by atoms with Crippen LogP contribution in [-0.4, -0.2) is 33.9 Å². The smallest absolute Gasteiger partial charge is 0.243 e. The van der Waals surface area contributed by atoms with Gasteiger partial charge in [0.1, 0.15) is 6.61 Å².